The number of amides is 2. The summed E-state index contributed by atoms with van der Waals surface area (Å²) in [7, 11) is 0. The lowest BCUT2D eigenvalue weighted by atomic mass is 9.87. The third kappa shape index (κ3) is 6.11. The molecule has 1 heterocycles. The summed E-state index contributed by atoms with van der Waals surface area (Å²) < 4.78 is 10.2. The van der Waals surface area contributed by atoms with Gasteiger partial charge in [0, 0.05) is 4.91 Å². The number of cyclic esters (lactones) is 1. The molecule has 0 bridgehead atoms. The first kappa shape index (κ1) is 21.6. The normalized spacial score (nSPS) is 25.2. The molecule has 0 spiro atoms. The topological polar surface area (TPSA) is 142 Å². The molecule has 26 heavy (non-hydrogen) atoms. The fraction of sp³-hybridized carbons (Fsp3) is 0.812. The number of rotatable bonds is 5. The second-order valence-corrected chi connectivity index (χ2v) is 7.46. The molecule has 1 aliphatic rings. The molecule has 0 aromatic carbocycles. The highest BCUT2D eigenvalue weighted by Crippen LogP contribution is 2.22. The molecule has 0 aromatic rings. The molecule has 0 radical (unpaired) electrons. The number of ether oxygens (including phenoxy) is 2. The number of nitrogens with zero attached hydrogens (tertiary/aromatic N) is 3. The first-order valence-electron chi connectivity index (χ1n) is 8.47. The molecule has 10 nitrogen and oxygen atoms in total. The van der Waals surface area contributed by atoms with Crippen molar-refractivity contribution >= 4 is 18.0 Å². The predicted molar refractivity (Wildman–Crippen MR) is 93.0 cm³/mol. The number of hydrogen-bond acceptors (Lipinski definition) is 6. The molecule has 1 fully saturated rings. The number of alkyl carbamates (subject to hydrolysis) is 1. The maximum atomic E-state index is 12.7. The van der Waals surface area contributed by atoms with E-state index < -0.39 is 35.7 Å². The van der Waals surface area contributed by atoms with E-state index in [9.17, 15) is 14.4 Å². The van der Waals surface area contributed by atoms with Crippen molar-refractivity contribution in [2.45, 2.75) is 65.3 Å². The number of esters is 1. The van der Waals surface area contributed by atoms with Gasteiger partial charge in [0.15, 0.2) is 0 Å². The molecule has 2 N–H and O–H groups in total. The Hall–Kier alpha value is -2.48. The number of hydrogen-bond donors (Lipinski definition) is 2. The zero-order chi connectivity index (χ0) is 20.1. The molecule has 0 saturated carbocycles. The lowest BCUT2D eigenvalue weighted by Crippen LogP contribution is -2.58. The van der Waals surface area contributed by atoms with Gasteiger partial charge in [-0.3, -0.25) is 9.59 Å². The lowest BCUT2D eigenvalue weighted by Gasteiger charge is -2.34. The van der Waals surface area contributed by atoms with Crippen LogP contribution in [-0.4, -0.2) is 48.3 Å². The third-order valence-electron chi connectivity index (χ3n) is 4.20. The van der Waals surface area contributed by atoms with Crippen LogP contribution in [0.1, 0.15) is 41.5 Å². The van der Waals surface area contributed by atoms with E-state index in [0.29, 0.717) is 0 Å². The average Bonchev–Trinajstić information content (AvgIpc) is 2.51. The Morgan fingerprint density at radius 3 is 2.54 bits per heavy atom. The zero-order valence-corrected chi connectivity index (χ0v) is 16.0. The molecule has 5 atom stereocenters. The molecular weight excluding hydrogens is 342 g/mol. The Morgan fingerprint density at radius 2 is 2.00 bits per heavy atom. The van der Waals surface area contributed by atoms with Gasteiger partial charge in [0.25, 0.3) is 0 Å². The molecule has 0 aliphatic carbocycles. The van der Waals surface area contributed by atoms with Crippen molar-refractivity contribution in [2.75, 3.05) is 6.61 Å². The third-order valence-corrected chi connectivity index (χ3v) is 4.20. The van der Waals surface area contributed by atoms with Gasteiger partial charge in [0.05, 0.1) is 18.0 Å². The molecule has 1 saturated heterocycles. The van der Waals surface area contributed by atoms with Gasteiger partial charge in [0.2, 0.25) is 5.91 Å². The van der Waals surface area contributed by atoms with Crippen LogP contribution >= 0.6 is 0 Å². The van der Waals surface area contributed by atoms with Gasteiger partial charge in [-0.05, 0) is 32.2 Å². The lowest BCUT2D eigenvalue weighted by molar-refractivity contribution is -0.158. The van der Waals surface area contributed by atoms with Crippen molar-refractivity contribution in [3.8, 4) is 0 Å². The second-order valence-electron chi connectivity index (χ2n) is 7.46. The van der Waals surface area contributed by atoms with Crippen molar-refractivity contribution in [1.82, 2.24) is 10.6 Å². The summed E-state index contributed by atoms with van der Waals surface area (Å²) in [6.45, 7) is 10.2. The summed E-state index contributed by atoms with van der Waals surface area (Å²) in [4.78, 5) is 38.9. The van der Waals surface area contributed by atoms with Gasteiger partial charge >= 0.3 is 12.1 Å². The van der Waals surface area contributed by atoms with Crippen molar-refractivity contribution in [3.05, 3.63) is 10.4 Å². The SMILES string of the molecule is C[C@@H]1[C@H](NC(=O)[C@@H](NC(=O)OC(C)(C)C)[C@H](C)N=[N+]=[N-])COC(=O)[C@@H]1C. The fourth-order valence-corrected chi connectivity index (χ4v) is 2.45. The minimum Gasteiger partial charge on any atom is -0.463 e. The van der Waals surface area contributed by atoms with Crippen molar-refractivity contribution in [1.29, 1.82) is 0 Å². The molecule has 2 amide bonds. The fourth-order valence-electron chi connectivity index (χ4n) is 2.45. The number of nitrogens with one attached hydrogen (secondary N) is 2. The van der Waals surface area contributed by atoms with Gasteiger partial charge in [-0.25, -0.2) is 4.79 Å². The number of carbonyl (C=O) groups is 3. The summed E-state index contributed by atoms with van der Waals surface area (Å²) >= 11 is 0. The Kier molecular flexibility index (Phi) is 7.26. The van der Waals surface area contributed by atoms with Crippen LogP contribution in [0.15, 0.2) is 5.11 Å². The standard InChI is InChI=1S/C16H27N5O5/c1-8-9(2)14(23)25-7-11(8)18-13(22)12(10(3)20-21-17)19-15(24)26-16(4,5)6/h8-12H,7H2,1-6H3,(H,18,22)(H,19,24)/t8-,9+,10-,11+,12-/m0/s1. The number of azide groups is 1. The van der Waals surface area contributed by atoms with Crippen LogP contribution in [-0.2, 0) is 19.1 Å². The van der Waals surface area contributed by atoms with E-state index in [0.717, 1.165) is 0 Å². The van der Waals surface area contributed by atoms with Crippen LogP contribution in [0.25, 0.3) is 10.4 Å². The quantitative estimate of drug-likeness (QED) is 0.329. The first-order valence-corrected chi connectivity index (χ1v) is 8.47. The first-order chi connectivity index (χ1) is 12.0. The Labute approximate surface area is 152 Å². The predicted octanol–water partition coefficient (Wildman–Crippen LogP) is 1.89. The Bertz CT molecular complexity index is 596. The summed E-state index contributed by atoms with van der Waals surface area (Å²) in [6, 6.07) is -2.37. The molecule has 1 aliphatic heterocycles. The van der Waals surface area contributed by atoms with E-state index in [1.165, 1.54) is 6.92 Å². The van der Waals surface area contributed by atoms with E-state index in [-0.39, 0.29) is 24.4 Å². The maximum absolute atomic E-state index is 12.7. The van der Waals surface area contributed by atoms with Crippen LogP contribution in [0, 0.1) is 11.8 Å². The van der Waals surface area contributed by atoms with Crippen LogP contribution < -0.4 is 10.6 Å². The smallest absolute Gasteiger partial charge is 0.408 e. The van der Waals surface area contributed by atoms with Gasteiger partial charge in [-0.2, -0.15) is 0 Å². The van der Waals surface area contributed by atoms with E-state index >= 15 is 0 Å². The van der Waals surface area contributed by atoms with Crippen molar-refractivity contribution < 1.29 is 23.9 Å². The van der Waals surface area contributed by atoms with Gasteiger partial charge in [-0.15, -0.1) is 0 Å². The molecular formula is C16H27N5O5. The largest absolute Gasteiger partial charge is 0.463 e. The monoisotopic (exact) mass is 369 g/mol. The summed E-state index contributed by atoms with van der Waals surface area (Å²) in [5.74, 6) is -1.36. The second kappa shape index (κ2) is 8.75. The van der Waals surface area contributed by atoms with Crippen molar-refractivity contribution in [2.24, 2.45) is 17.0 Å². The Balaban J connectivity index is 2.86. The summed E-state index contributed by atoms with van der Waals surface area (Å²) in [5.41, 5.74) is 7.90. The van der Waals surface area contributed by atoms with Crippen molar-refractivity contribution in [3.63, 3.8) is 0 Å². The molecule has 10 heteroatoms. The van der Waals surface area contributed by atoms with Crippen LogP contribution in [0.2, 0.25) is 0 Å². The molecule has 1 rings (SSSR count). The van der Waals surface area contributed by atoms with Crippen LogP contribution in [0.4, 0.5) is 4.79 Å². The maximum Gasteiger partial charge on any atom is 0.408 e. The highest BCUT2D eigenvalue weighted by Gasteiger charge is 2.37. The van der Waals surface area contributed by atoms with E-state index in [1.54, 1.807) is 27.7 Å². The van der Waals surface area contributed by atoms with E-state index in [2.05, 4.69) is 20.7 Å². The molecule has 0 unspecified atom stereocenters. The van der Waals surface area contributed by atoms with Gasteiger partial charge in [-0.1, -0.05) is 25.9 Å². The summed E-state index contributed by atoms with van der Waals surface area (Å²) in [5, 5.41) is 8.69. The zero-order valence-electron chi connectivity index (χ0n) is 16.0. The minimum atomic E-state index is -1.12. The highest BCUT2D eigenvalue weighted by atomic mass is 16.6. The molecule has 146 valence electrons. The average molecular weight is 369 g/mol. The number of carbonyl (C=O) groups excluding carboxylic acids is 3. The minimum absolute atomic E-state index is 0.0468. The highest BCUT2D eigenvalue weighted by molar-refractivity contribution is 5.87. The van der Waals surface area contributed by atoms with E-state index in [1.807, 2.05) is 6.92 Å². The van der Waals surface area contributed by atoms with Gasteiger partial charge < -0.3 is 20.1 Å². The molecule has 0 aromatic heterocycles. The van der Waals surface area contributed by atoms with E-state index in [4.69, 9.17) is 15.0 Å². The van der Waals surface area contributed by atoms with Crippen LogP contribution in [0.5, 0.6) is 0 Å². The Morgan fingerprint density at radius 1 is 1.38 bits per heavy atom. The van der Waals surface area contributed by atoms with Crippen LogP contribution in [0.3, 0.4) is 0 Å². The van der Waals surface area contributed by atoms with Gasteiger partial charge in [0.1, 0.15) is 18.2 Å². The summed E-state index contributed by atoms with van der Waals surface area (Å²) in [6.07, 6.45) is -0.797.